The third-order valence-electron chi connectivity index (χ3n) is 3.03. The molecule has 5 nitrogen and oxygen atoms in total. The van der Waals surface area contributed by atoms with Crippen molar-refractivity contribution in [1.82, 2.24) is 5.16 Å². The minimum Gasteiger partial charge on any atom is -0.495 e. The molecule has 0 spiro atoms. The van der Waals surface area contributed by atoms with Gasteiger partial charge in [0.25, 0.3) is 0 Å². The van der Waals surface area contributed by atoms with Crippen molar-refractivity contribution < 1.29 is 9.26 Å². The number of methoxy groups -OCH3 is 1. The van der Waals surface area contributed by atoms with Crippen molar-refractivity contribution in [1.29, 1.82) is 0 Å². The summed E-state index contributed by atoms with van der Waals surface area (Å²) >= 11 is 0. The van der Waals surface area contributed by atoms with Crippen molar-refractivity contribution in [3.63, 3.8) is 0 Å². The van der Waals surface area contributed by atoms with Gasteiger partial charge in [0.2, 0.25) is 0 Å². The van der Waals surface area contributed by atoms with Gasteiger partial charge in [-0.25, -0.2) is 0 Å². The lowest BCUT2D eigenvalue weighted by Gasteiger charge is -2.21. The van der Waals surface area contributed by atoms with E-state index in [0.29, 0.717) is 12.4 Å². The molecule has 1 aromatic carbocycles. The fourth-order valence-electron chi connectivity index (χ4n) is 1.98. The van der Waals surface area contributed by atoms with Crippen LogP contribution in [-0.2, 0) is 13.0 Å². The Balaban J connectivity index is 2.23. The van der Waals surface area contributed by atoms with Crippen LogP contribution in [0.4, 0.5) is 11.5 Å². The molecule has 0 bridgehead atoms. The molecule has 2 rings (SSSR count). The Morgan fingerprint density at radius 1 is 1.37 bits per heavy atom. The molecule has 0 amide bonds. The van der Waals surface area contributed by atoms with E-state index in [1.807, 2.05) is 13.1 Å². The summed E-state index contributed by atoms with van der Waals surface area (Å²) in [6.45, 7) is 2.72. The highest BCUT2D eigenvalue weighted by Gasteiger charge is 2.12. The molecule has 19 heavy (non-hydrogen) atoms. The van der Waals surface area contributed by atoms with Crippen molar-refractivity contribution in [2.75, 3.05) is 24.8 Å². The lowest BCUT2D eigenvalue weighted by Crippen LogP contribution is -2.17. The predicted octanol–water partition coefficient (Wildman–Crippen LogP) is 2.46. The first-order chi connectivity index (χ1) is 9.13. The molecule has 2 N–H and O–H groups in total. The zero-order valence-electron chi connectivity index (χ0n) is 11.5. The van der Waals surface area contributed by atoms with Gasteiger partial charge in [0, 0.05) is 13.1 Å². The fourth-order valence-corrected chi connectivity index (χ4v) is 1.98. The summed E-state index contributed by atoms with van der Waals surface area (Å²) in [5, 5.41) is 3.68. The van der Waals surface area contributed by atoms with Crippen molar-refractivity contribution in [3.8, 4) is 5.75 Å². The van der Waals surface area contributed by atoms with Crippen LogP contribution in [0.15, 0.2) is 28.8 Å². The van der Waals surface area contributed by atoms with Crippen LogP contribution >= 0.6 is 0 Å². The Morgan fingerprint density at radius 3 is 2.74 bits per heavy atom. The topological polar surface area (TPSA) is 64.5 Å². The van der Waals surface area contributed by atoms with Gasteiger partial charge >= 0.3 is 0 Å². The molecule has 2 aromatic rings. The highest BCUT2D eigenvalue weighted by molar-refractivity contribution is 5.59. The second kappa shape index (κ2) is 5.65. The highest BCUT2D eigenvalue weighted by atomic mass is 16.5. The summed E-state index contributed by atoms with van der Waals surface area (Å²) in [7, 11) is 3.65. The molecule has 1 heterocycles. The molecule has 0 aliphatic carbocycles. The Kier molecular flexibility index (Phi) is 3.94. The Bertz CT molecular complexity index is 551. The number of hydrogen-bond acceptors (Lipinski definition) is 5. The number of benzene rings is 1. The van der Waals surface area contributed by atoms with E-state index >= 15 is 0 Å². The van der Waals surface area contributed by atoms with E-state index in [-0.39, 0.29) is 0 Å². The lowest BCUT2D eigenvalue weighted by molar-refractivity contribution is 0.384. The first-order valence-corrected chi connectivity index (χ1v) is 6.23. The van der Waals surface area contributed by atoms with Crippen LogP contribution in [0.5, 0.6) is 5.75 Å². The maximum absolute atomic E-state index is 5.55. The van der Waals surface area contributed by atoms with Gasteiger partial charge in [0.15, 0.2) is 11.6 Å². The number of nitrogen functional groups attached to an aromatic ring is 1. The number of nitrogens with two attached hydrogens (primary N) is 1. The third kappa shape index (κ3) is 2.99. The molecule has 5 heteroatoms. The number of aryl methyl sites for hydroxylation is 1. The number of hydrogen-bond donors (Lipinski definition) is 1. The van der Waals surface area contributed by atoms with E-state index in [1.165, 1.54) is 5.56 Å². The van der Waals surface area contributed by atoms with Gasteiger partial charge in [0.1, 0.15) is 5.75 Å². The molecule has 0 saturated carbocycles. The SMILES string of the molecule is CCc1ccc(OC)c(N(C)Cc2cc(N)no2)c1. The zero-order valence-corrected chi connectivity index (χ0v) is 11.5. The van der Waals surface area contributed by atoms with Gasteiger partial charge < -0.3 is 19.9 Å². The standard InChI is InChI=1S/C14H19N3O2/c1-4-10-5-6-13(18-3)12(7-10)17(2)9-11-8-14(15)16-19-11/h5-8H,4,9H2,1-3H3,(H2,15,16). The summed E-state index contributed by atoms with van der Waals surface area (Å²) in [5.41, 5.74) is 7.84. The average Bonchev–Trinajstić information content (AvgIpc) is 2.83. The summed E-state index contributed by atoms with van der Waals surface area (Å²) in [6, 6.07) is 7.91. The maximum Gasteiger partial charge on any atom is 0.167 e. The molecule has 0 radical (unpaired) electrons. The Hall–Kier alpha value is -2.17. The zero-order chi connectivity index (χ0) is 13.8. The summed E-state index contributed by atoms with van der Waals surface area (Å²) < 4.78 is 10.5. The number of aromatic nitrogens is 1. The minimum absolute atomic E-state index is 0.401. The second-order valence-electron chi connectivity index (χ2n) is 4.43. The van der Waals surface area contributed by atoms with E-state index in [1.54, 1.807) is 13.2 Å². The second-order valence-corrected chi connectivity index (χ2v) is 4.43. The highest BCUT2D eigenvalue weighted by Crippen LogP contribution is 2.29. The first kappa shape index (κ1) is 13.3. The van der Waals surface area contributed by atoms with Crippen molar-refractivity contribution in [3.05, 3.63) is 35.6 Å². The lowest BCUT2D eigenvalue weighted by atomic mass is 10.1. The first-order valence-electron chi connectivity index (χ1n) is 6.23. The Labute approximate surface area is 112 Å². The van der Waals surface area contributed by atoms with E-state index in [0.717, 1.165) is 23.6 Å². The van der Waals surface area contributed by atoms with Crippen LogP contribution in [0.1, 0.15) is 18.2 Å². The van der Waals surface area contributed by atoms with Gasteiger partial charge in [-0.15, -0.1) is 0 Å². The largest absolute Gasteiger partial charge is 0.495 e. The van der Waals surface area contributed by atoms with Crippen LogP contribution < -0.4 is 15.4 Å². The van der Waals surface area contributed by atoms with Crippen LogP contribution in [-0.4, -0.2) is 19.3 Å². The van der Waals surface area contributed by atoms with E-state index in [4.69, 9.17) is 15.0 Å². The number of nitrogens with zero attached hydrogens (tertiary/aromatic N) is 2. The van der Waals surface area contributed by atoms with Crippen LogP contribution in [0.3, 0.4) is 0 Å². The molecule has 102 valence electrons. The average molecular weight is 261 g/mol. The normalized spacial score (nSPS) is 10.5. The van der Waals surface area contributed by atoms with Crippen LogP contribution in [0, 0.1) is 0 Å². The summed E-state index contributed by atoms with van der Waals surface area (Å²) in [5.74, 6) is 1.97. The third-order valence-corrected chi connectivity index (χ3v) is 3.03. The van der Waals surface area contributed by atoms with Gasteiger partial charge in [-0.05, 0) is 24.1 Å². The van der Waals surface area contributed by atoms with Gasteiger partial charge in [0.05, 0.1) is 19.3 Å². The molecule has 0 aliphatic heterocycles. The van der Waals surface area contributed by atoms with Crippen molar-refractivity contribution in [2.24, 2.45) is 0 Å². The maximum atomic E-state index is 5.55. The van der Waals surface area contributed by atoms with E-state index in [2.05, 4.69) is 29.1 Å². The molecule has 0 atom stereocenters. The molecule has 0 saturated heterocycles. The van der Waals surface area contributed by atoms with Gasteiger partial charge in [-0.2, -0.15) is 0 Å². The van der Waals surface area contributed by atoms with Crippen LogP contribution in [0.2, 0.25) is 0 Å². The summed E-state index contributed by atoms with van der Waals surface area (Å²) in [6.07, 6.45) is 0.986. The minimum atomic E-state index is 0.401. The number of rotatable bonds is 5. The molecule has 1 aromatic heterocycles. The molecular formula is C14H19N3O2. The number of anilines is 2. The van der Waals surface area contributed by atoms with Crippen molar-refractivity contribution >= 4 is 11.5 Å². The Morgan fingerprint density at radius 2 is 2.16 bits per heavy atom. The van der Waals surface area contributed by atoms with Gasteiger partial charge in [-0.3, -0.25) is 0 Å². The van der Waals surface area contributed by atoms with Crippen molar-refractivity contribution in [2.45, 2.75) is 19.9 Å². The van der Waals surface area contributed by atoms with E-state index < -0.39 is 0 Å². The monoisotopic (exact) mass is 261 g/mol. The summed E-state index contributed by atoms with van der Waals surface area (Å²) in [4.78, 5) is 2.05. The molecule has 0 aliphatic rings. The molecule has 0 fully saturated rings. The predicted molar refractivity (Wildman–Crippen MR) is 75.4 cm³/mol. The van der Waals surface area contributed by atoms with Gasteiger partial charge in [-0.1, -0.05) is 18.1 Å². The quantitative estimate of drug-likeness (QED) is 0.895. The smallest absolute Gasteiger partial charge is 0.167 e. The molecular weight excluding hydrogens is 242 g/mol. The number of ether oxygens (including phenoxy) is 1. The molecule has 0 unspecified atom stereocenters. The van der Waals surface area contributed by atoms with E-state index in [9.17, 15) is 0 Å². The van der Waals surface area contributed by atoms with Crippen LogP contribution in [0.25, 0.3) is 0 Å². The fraction of sp³-hybridized carbons (Fsp3) is 0.357.